The number of hydrogen-bond donors (Lipinski definition) is 2. The molecule has 1 aliphatic rings. The van der Waals surface area contributed by atoms with E-state index in [0.29, 0.717) is 0 Å². The van der Waals surface area contributed by atoms with Crippen LogP contribution >= 0.6 is 15.9 Å². The van der Waals surface area contributed by atoms with Crippen molar-refractivity contribution in [2.45, 2.75) is 38.8 Å². The molecule has 1 atom stereocenters. The summed E-state index contributed by atoms with van der Waals surface area (Å²) in [5.41, 5.74) is 2.37. The first-order valence-corrected chi connectivity index (χ1v) is 8.44. The summed E-state index contributed by atoms with van der Waals surface area (Å²) in [6.45, 7) is 5.01. The van der Waals surface area contributed by atoms with Crippen molar-refractivity contribution in [2.75, 3.05) is 25.0 Å². The second kappa shape index (κ2) is 7.80. The molecule has 1 unspecified atom stereocenters. The van der Waals surface area contributed by atoms with E-state index in [1.165, 1.54) is 5.56 Å². The number of hydrogen-bond acceptors (Lipinski definition) is 3. The summed E-state index contributed by atoms with van der Waals surface area (Å²) >= 11 is 3.66. The van der Waals surface area contributed by atoms with Crippen LogP contribution in [-0.2, 0) is 11.3 Å². The van der Waals surface area contributed by atoms with E-state index in [0.717, 1.165) is 49.1 Å². The van der Waals surface area contributed by atoms with Crippen molar-refractivity contribution in [1.82, 2.24) is 10.6 Å². The summed E-state index contributed by atoms with van der Waals surface area (Å²) in [5.74, 6) is 0.105. The molecule has 0 radical (unpaired) electrons. The van der Waals surface area contributed by atoms with Gasteiger partial charge in [0.2, 0.25) is 5.91 Å². The molecule has 4 nitrogen and oxygen atoms in total. The Labute approximate surface area is 135 Å². The van der Waals surface area contributed by atoms with Gasteiger partial charge < -0.3 is 15.5 Å². The van der Waals surface area contributed by atoms with E-state index in [1.54, 1.807) is 7.05 Å². The van der Waals surface area contributed by atoms with E-state index in [9.17, 15) is 4.79 Å². The molecule has 1 saturated heterocycles. The number of nitrogens with one attached hydrogen (secondary N) is 2. The molecule has 21 heavy (non-hydrogen) atoms. The first kappa shape index (κ1) is 16.3. The number of anilines is 1. The van der Waals surface area contributed by atoms with Crippen LogP contribution in [0.15, 0.2) is 22.7 Å². The minimum atomic E-state index is -0.0460. The summed E-state index contributed by atoms with van der Waals surface area (Å²) in [7, 11) is 1.70. The maximum atomic E-state index is 12.0. The van der Waals surface area contributed by atoms with Crippen molar-refractivity contribution < 1.29 is 4.79 Å². The molecular weight excluding hydrogens is 330 g/mol. The zero-order valence-electron chi connectivity index (χ0n) is 12.8. The Morgan fingerprint density at radius 1 is 1.48 bits per heavy atom. The Balaban J connectivity index is 2.11. The third-order valence-electron chi connectivity index (χ3n) is 3.88. The summed E-state index contributed by atoms with van der Waals surface area (Å²) in [5, 5.41) is 6.17. The van der Waals surface area contributed by atoms with Crippen molar-refractivity contribution in [3.63, 3.8) is 0 Å². The van der Waals surface area contributed by atoms with E-state index < -0.39 is 0 Å². The van der Waals surface area contributed by atoms with Gasteiger partial charge in [0.15, 0.2) is 0 Å². The van der Waals surface area contributed by atoms with Gasteiger partial charge in [-0.1, -0.05) is 13.0 Å². The molecule has 2 N–H and O–H groups in total. The molecule has 1 amide bonds. The lowest BCUT2D eigenvalue weighted by Gasteiger charge is -2.26. The van der Waals surface area contributed by atoms with E-state index in [2.05, 4.69) is 56.6 Å². The molecule has 1 aliphatic heterocycles. The SMILES string of the molecule is CCCNCc1ccc(N2CCCC2C(=O)NC)c(Br)c1. The third-order valence-corrected chi connectivity index (χ3v) is 4.51. The number of rotatable bonds is 6. The highest BCUT2D eigenvalue weighted by Crippen LogP contribution is 2.33. The predicted octanol–water partition coefficient (Wildman–Crippen LogP) is 2.66. The van der Waals surface area contributed by atoms with Crippen molar-refractivity contribution in [2.24, 2.45) is 0 Å². The van der Waals surface area contributed by atoms with Gasteiger partial charge in [0.1, 0.15) is 6.04 Å². The first-order valence-electron chi connectivity index (χ1n) is 7.64. The summed E-state index contributed by atoms with van der Waals surface area (Å²) in [6.07, 6.45) is 3.12. The third kappa shape index (κ3) is 3.98. The van der Waals surface area contributed by atoms with Crippen molar-refractivity contribution >= 4 is 27.5 Å². The number of nitrogens with zero attached hydrogens (tertiary/aromatic N) is 1. The van der Waals surface area contributed by atoms with E-state index in [-0.39, 0.29) is 11.9 Å². The predicted molar refractivity (Wildman–Crippen MR) is 90.6 cm³/mol. The zero-order chi connectivity index (χ0) is 15.2. The fraction of sp³-hybridized carbons (Fsp3) is 0.562. The first-order chi connectivity index (χ1) is 10.2. The highest BCUT2D eigenvalue weighted by molar-refractivity contribution is 9.10. The largest absolute Gasteiger partial charge is 0.359 e. The van der Waals surface area contributed by atoms with Crippen LogP contribution in [0.2, 0.25) is 0 Å². The minimum Gasteiger partial charge on any atom is -0.359 e. The van der Waals surface area contributed by atoms with E-state index >= 15 is 0 Å². The molecule has 1 heterocycles. The molecule has 0 bridgehead atoms. The number of carbonyl (C=O) groups is 1. The van der Waals surface area contributed by atoms with Crippen LogP contribution in [0.3, 0.4) is 0 Å². The molecule has 2 rings (SSSR count). The van der Waals surface area contributed by atoms with Gasteiger partial charge in [-0.3, -0.25) is 4.79 Å². The highest BCUT2D eigenvalue weighted by Gasteiger charge is 2.31. The quantitative estimate of drug-likeness (QED) is 0.772. The second-order valence-corrected chi connectivity index (χ2v) is 6.28. The Morgan fingerprint density at radius 3 is 2.95 bits per heavy atom. The monoisotopic (exact) mass is 353 g/mol. The molecule has 116 valence electrons. The lowest BCUT2D eigenvalue weighted by atomic mass is 10.1. The van der Waals surface area contributed by atoms with Gasteiger partial charge >= 0.3 is 0 Å². The summed E-state index contributed by atoms with van der Waals surface area (Å²) in [4.78, 5) is 14.2. The molecule has 0 aromatic heterocycles. The van der Waals surface area contributed by atoms with Gasteiger partial charge in [-0.15, -0.1) is 0 Å². The van der Waals surface area contributed by atoms with Gasteiger partial charge in [-0.2, -0.15) is 0 Å². The van der Waals surface area contributed by atoms with Crippen molar-refractivity contribution in [3.8, 4) is 0 Å². The molecule has 5 heteroatoms. The maximum absolute atomic E-state index is 12.0. The molecule has 1 fully saturated rings. The highest BCUT2D eigenvalue weighted by atomic mass is 79.9. The summed E-state index contributed by atoms with van der Waals surface area (Å²) in [6, 6.07) is 6.36. The van der Waals surface area contributed by atoms with Gasteiger partial charge in [-0.05, 0) is 59.4 Å². The zero-order valence-corrected chi connectivity index (χ0v) is 14.4. The molecule has 0 aliphatic carbocycles. The van der Waals surface area contributed by atoms with Gasteiger partial charge in [0.05, 0.1) is 5.69 Å². The van der Waals surface area contributed by atoms with Crippen LogP contribution in [0.25, 0.3) is 0 Å². The van der Waals surface area contributed by atoms with Crippen LogP contribution in [-0.4, -0.2) is 32.1 Å². The smallest absolute Gasteiger partial charge is 0.242 e. The van der Waals surface area contributed by atoms with Crippen LogP contribution in [0.4, 0.5) is 5.69 Å². The lowest BCUT2D eigenvalue weighted by molar-refractivity contribution is -0.121. The molecule has 0 saturated carbocycles. The average Bonchev–Trinajstić information content (AvgIpc) is 2.96. The minimum absolute atomic E-state index is 0.0460. The summed E-state index contributed by atoms with van der Waals surface area (Å²) < 4.78 is 1.06. The van der Waals surface area contributed by atoms with Gasteiger partial charge in [0, 0.05) is 24.6 Å². The Hall–Kier alpha value is -1.07. The number of likely N-dealkylation sites (N-methyl/N-ethyl adjacent to an activating group) is 1. The van der Waals surface area contributed by atoms with Crippen LogP contribution in [0.1, 0.15) is 31.7 Å². The average molecular weight is 354 g/mol. The van der Waals surface area contributed by atoms with Crippen LogP contribution < -0.4 is 15.5 Å². The lowest BCUT2D eigenvalue weighted by Crippen LogP contribution is -2.42. The fourth-order valence-electron chi connectivity index (χ4n) is 2.80. The van der Waals surface area contributed by atoms with Crippen LogP contribution in [0, 0.1) is 0 Å². The molecule has 0 spiro atoms. The Bertz CT molecular complexity index is 492. The van der Waals surface area contributed by atoms with Crippen molar-refractivity contribution in [3.05, 3.63) is 28.2 Å². The van der Waals surface area contributed by atoms with E-state index in [1.807, 2.05) is 0 Å². The maximum Gasteiger partial charge on any atom is 0.242 e. The Kier molecular flexibility index (Phi) is 6.06. The second-order valence-electron chi connectivity index (χ2n) is 5.43. The number of benzene rings is 1. The molecule has 1 aromatic rings. The fourth-order valence-corrected chi connectivity index (χ4v) is 3.45. The van der Waals surface area contributed by atoms with Gasteiger partial charge in [0.25, 0.3) is 0 Å². The van der Waals surface area contributed by atoms with E-state index in [4.69, 9.17) is 0 Å². The van der Waals surface area contributed by atoms with Crippen molar-refractivity contribution in [1.29, 1.82) is 0 Å². The number of amides is 1. The Morgan fingerprint density at radius 2 is 2.29 bits per heavy atom. The molecule has 1 aromatic carbocycles. The molecular formula is C16H24BrN3O. The number of halogens is 1. The standard InChI is InChI=1S/C16H24BrN3O/c1-3-8-19-11-12-6-7-14(13(17)10-12)20-9-4-5-15(20)16(21)18-2/h6-7,10,15,19H,3-5,8-9,11H2,1-2H3,(H,18,21). The van der Waals surface area contributed by atoms with Crippen LogP contribution in [0.5, 0.6) is 0 Å². The van der Waals surface area contributed by atoms with Gasteiger partial charge in [-0.25, -0.2) is 0 Å². The topological polar surface area (TPSA) is 44.4 Å². The number of carbonyl (C=O) groups excluding carboxylic acids is 1. The normalized spacial score (nSPS) is 18.0.